The second kappa shape index (κ2) is 7.41. The summed E-state index contributed by atoms with van der Waals surface area (Å²) in [5.74, 6) is -0.511. The lowest BCUT2D eigenvalue weighted by Crippen LogP contribution is -2.16. The largest absolute Gasteiger partial charge is 0.493 e. The lowest BCUT2D eigenvalue weighted by atomic mass is 9.96. The fourth-order valence-corrected chi connectivity index (χ4v) is 2.27. The molecule has 0 spiro atoms. The van der Waals surface area contributed by atoms with E-state index < -0.39 is 11.5 Å². The average molecular weight is 352 g/mol. The highest BCUT2D eigenvalue weighted by molar-refractivity contribution is 5.82. The lowest BCUT2D eigenvalue weighted by molar-refractivity contribution is -0.137. The summed E-state index contributed by atoms with van der Waals surface area (Å²) in [5, 5.41) is 18.7. The van der Waals surface area contributed by atoms with Crippen LogP contribution in [0.25, 0.3) is 11.1 Å². The summed E-state index contributed by atoms with van der Waals surface area (Å²) < 4.78 is 10.5. The fraction of sp³-hybridized carbons (Fsp3) is 0.222. The molecule has 1 aromatic carbocycles. The minimum atomic E-state index is -0.701. The number of aromatic amines is 1. The van der Waals surface area contributed by atoms with Crippen LogP contribution in [0.1, 0.15) is 25.0 Å². The Morgan fingerprint density at radius 1 is 1.19 bits per heavy atom. The molecule has 8 nitrogen and oxygen atoms in total. The van der Waals surface area contributed by atoms with E-state index in [1.54, 1.807) is 19.9 Å². The van der Waals surface area contributed by atoms with E-state index in [0.717, 1.165) is 0 Å². The van der Waals surface area contributed by atoms with Gasteiger partial charge in [-0.3, -0.25) is 9.59 Å². The van der Waals surface area contributed by atoms with Crippen LogP contribution in [-0.2, 0) is 4.79 Å². The second-order valence-corrected chi connectivity index (χ2v) is 5.66. The number of pyridine rings is 1. The molecule has 132 valence electrons. The van der Waals surface area contributed by atoms with Crippen LogP contribution in [0.2, 0.25) is 0 Å². The van der Waals surface area contributed by atoms with Gasteiger partial charge in [0.1, 0.15) is 29.1 Å². The van der Waals surface area contributed by atoms with Crippen LogP contribution in [0.15, 0.2) is 23.0 Å². The summed E-state index contributed by atoms with van der Waals surface area (Å²) in [6.45, 7) is 3.39. The van der Waals surface area contributed by atoms with Gasteiger partial charge in [-0.2, -0.15) is 10.5 Å². The Balaban J connectivity index is 2.69. The maximum Gasteiger partial charge on any atom is 0.313 e. The van der Waals surface area contributed by atoms with Crippen LogP contribution >= 0.6 is 0 Å². The van der Waals surface area contributed by atoms with Crippen molar-refractivity contribution in [2.24, 2.45) is 5.92 Å². The molecule has 0 aliphatic carbocycles. The van der Waals surface area contributed by atoms with E-state index >= 15 is 0 Å². The van der Waals surface area contributed by atoms with E-state index in [9.17, 15) is 20.1 Å². The highest BCUT2D eigenvalue weighted by atomic mass is 16.6. The quantitative estimate of drug-likeness (QED) is 0.632. The third kappa shape index (κ3) is 3.35. The van der Waals surface area contributed by atoms with Gasteiger partial charge in [0.15, 0.2) is 11.5 Å². The number of rotatable bonds is 4. The van der Waals surface area contributed by atoms with Crippen LogP contribution in [0.5, 0.6) is 11.5 Å². The Kier molecular flexibility index (Phi) is 5.29. The van der Waals surface area contributed by atoms with Crippen molar-refractivity contribution < 1.29 is 14.3 Å². The van der Waals surface area contributed by atoms with Crippen molar-refractivity contribution in [1.82, 2.24) is 4.98 Å². The number of nitrogens with zero attached hydrogens (tertiary/aromatic N) is 2. The molecule has 2 aromatic rings. The van der Waals surface area contributed by atoms with Gasteiger partial charge in [-0.1, -0.05) is 19.9 Å². The summed E-state index contributed by atoms with van der Waals surface area (Å²) in [6, 6.07) is 8.13. The highest BCUT2D eigenvalue weighted by Gasteiger charge is 2.20. The van der Waals surface area contributed by atoms with E-state index in [-0.39, 0.29) is 39.9 Å². The SMILES string of the molecule is COc1cc(-c2c(C#N)c(N)[nH]c(=O)c2C#N)ccc1OC(=O)C(C)C. The number of nitrogens with one attached hydrogen (secondary N) is 1. The van der Waals surface area contributed by atoms with Gasteiger partial charge in [0.05, 0.1) is 13.0 Å². The summed E-state index contributed by atoms with van der Waals surface area (Å²) in [7, 11) is 1.38. The topological polar surface area (TPSA) is 142 Å². The molecule has 2 rings (SSSR count). The molecule has 0 atom stereocenters. The molecule has 0 fully saturated rings. The van der Waals surface area contributed by atoms with Gasteiger partial charge in [-0.15, -0.1) is 0 Å². The molecule has 0 radical (unpaired) electrons. The molecule has 0 bridgehead atoms. The third-order valence-electron chi connectivity index (χ3n) is 3.60. The molecule has 1 heterocycles. The molecular weight excluding hydrogens is 336 g/mol. The van der Waals surface area contributed by atoms with Gasteiger partial charge in [-0.05, 0) is 17.7 Å². The van der Waals surface area contributed by atoms with E-state index in [0.29, 0.717) is 5.56 Å². The number of nitrogen functional groups attached to an aromatic ring is 1. The molecule has 0 amide bonds. The van der Waals surface area contributed by atoms with Gasteiger partial charge in [-0.25, -0.2) is 0 Å². The first kappa shape index (κ1) is 18.6. The summed E-state index contributed by atoms with van der Waals surface area (Å²) in [5.41, 5.74) is 5.18. The smallest absolute Gasteiger partial charge is 0.313 e. The summed E-state index contributed by atoms with van der Waals surface area (Å²) >= 11 is 0. The number of hydrogen-bond acceptors (Lipinski definition) is 7. The lowest BCUT2D eigenvalue weighted by Gasteiger charge is -2.14. The number of benzene rings is 1. The van der Waals surface area contributed by atoms with Crippen LogP contribution in [0.3, 0.4) is 0 Å². The van der Waals surface area contributed by atoms with E-state index in [1.165, 1.54) is 25.3 Å². The van der Waals surface area contributed by atoms with Crippen LogP contribution in [0, 0.1) is 28.6 Å². The van der Waals surface area contributed by atoms with Crippen LogP contribution in [0.4, 0.5) is 5.82 Å². The minimum Gasteiger partial charge on any atom is -0.493 e. The van der Waals surface area contributed by atoms with E-state index in [2.05, 4.69) is 4.98 Å². The van der Waals surface area contributed by atoms with Gasteiger partial charge >= 0.3 is 5.97 Å². The monoisotopic (exact) mass is 352 g/mol. The Labute approximate surface area is 149 Å². The number of aromatic nitrogens is 1. The maximum absolute atomic E-state index is 12.0. The van der Waals surface area contributed by atoms with Crippen molar-refractivity contribution in [3.63, 3.8) is 0 Å². The molecule has 0 saturated heterocycles. The standard InChI is InChI=1S/C18H16N4O4/c1-9(2)18(24)26-13-5-4-10(6-14(13)25-3)15-11(7-19)16(21)22-17(23)12(15)8-20/h4-6,9H,1-3H3,(H3,21,22,23). The normalized spacial score (nSPS) is 10.1. The second-order valence-electron chi connectivity index (χ2n) is 5.66. The van der Waals surface area contributed by atoms with Gasteiger partial charge in [0.25, 0.3) is 5.56 Å². The average Bonchev–Trinajstić information content (AvgIpc) is 2.61. The number of H-pyrrole nitrogens is 1. The number of carbonyl (C=O) groups is 1. The predicted molar refractivity (Wildman–Crippen MR) is 93.4 cm³/mol. The maximum atomic E-state index is 12.0. The number of anilines is 1. The minimum absolute atomic E-state index is 0.0323. The molecule has 0 aliphatic rings. The summed E-state index contributed by atoms with van der Waals surface area (Å²) in [4.78, 5) is 26.1. The fourth-order valence-electron chi connectivity index (χ4n) is 2.27. The zero-order valence-corrected chi connectivity index (χ0v) is 14.4. The zero-order chi connectivity index (χ0) is 19.4. The van der Waals surface area contributed by atoms with Crippen molar-refractivity contribution >= 4 is 11.8 Å². The van der Waals surface area contributed by atoms with Crippen molar-refractivity contribution in [2.45, 2.75) is 13.8 Å². The van der Waals surface area contributed by atoms with Gasteiger partial charge in [0, 0.05) is 5.56 Å². The first-order valence-corrected chi connectivity index (χ1v) is 7.60. The van der Waals surface area contributed by atoms with Crippen molar-refractivity contribution in [3.8, 4) is 34.8 Å². The zero-order valence-electron chi connectivity index (χ0n) is 14.4. The number of nitrogens with two attached hydrogens (primary N) is 1. The molecule has 1 aromatic heterocycles. The number of methoxy groups -OCH3 is 1. The molecular formula is C18H16N4O4. The van der Waals surface area contributed by atoms with Crippen LogP contribution < -0.4 is 20.8 Å². The first-order chi connectivity index (χ1) is 12.3. The van der Waals surface area contributed by atoms with Gasteiger partial charge < -0.3 is 20.2 Å². The number of nitriles is 2. The number of hydrogen-bond donors (Lipinski definition) is 2. The molecule has 8 heteroatoms. The molecule has 0 saturated carbocycles. The number of ether oxygens (including phenoxy) is 2. The Morgan fingerprint density at radius 2 is 1.85 bits per heavy atom. The molecule has 0 unspecified atom stereocenters. The van der Waals surface area contributed by atoms with Crippen LogP contribution in [-0.4, -0.2) is 18.1 Å². The van der Waals surface area contributed by atoms with Crippen molar-refractivity contribution in [3.05, 3.63) is 39.7 Å². The van der Waals surface area contributed by atoms with Crippen molar-refractivity contribution in [1.29, 1.82) is 10.5 Å². The van der Waals surface area contributed by atoms with E-state index in [1.807, 2.05) is 6.07 Å². The molecule has 0 aliphatic heterocycles. The number of carbonyl (C=O) groups excluding carboxylic acids is 1. The summed E-state index contributed by atoms with van der Waals surface area (Å²) in [6.07, 6.45) is 0. The first-order valence-electron chi connectivity index (χ1n) is 7.60. The highest BCUT2D eigenvalue weighted by Crippen LogP contribution is 2.35. The molecule has 26 heavy (non-hydrogen) atoms. The van der Waals surface area contributed by atoms with E-state index in [4.69, 9.17) is 15.2 Å². The molecule has 3 N–H and O–H groups in total. The van der Waals surface area contributed by atoms with Gasteiger partial charge in [0.2, 0.25) is 0 Å². The predicted octanol–water partition coefficient (Wildman–Crippen LogP) is 1.94. The Hall–Kier alpha value is -3.78. The Bertz CT molecular complexity index is 1010. The van der Waals surface area contributed by atoms with Crippen molar-refractivity contribution in [2.75, 3.05) is 12.8 Å². The Morgan fingerprint density at radius 3 is 2.38 bits per heavy atom. The third-order valence-corrected chi connectivity index (χ3v) is 3.60. The number of esters is 1.